The van der Waals surface area contributed by atoms with Gasteiger partial charge in [-0.1, -0.05) is 37.6 Å². The zero-order valence-electron chi connectivity index (χ0n) is 11.7. The Morgan fingerprint density at radius 3 is 2.37 bits per heavy atom. The van der Waals surface area contributed by atoms with Gasteiger partial charge in [0.15, 0.2) is 0 Å². The Bertz CT molecular complexity index is 415. The lowest BCUT2D eigenvalue weighted by atomic mass is 9.66. The number of nitrogens with one attached hydrogen (secondary N) is 1. The Morgan fingerprint density at radius 2 is 1.89 bits per heavy atom. The van der Waals surface area contributed by atoms with Crippen LogP contribution < -0.4 is 11.1 Å². The van der Waals surface area contributed by atoms with Crippen LogP contribution >= 0.6 is 0 Å². The van der Waals surface area contributed by atoms with Crippen molar-refractivity contribution < 1.29 is 4.79 Å². The number of benzene rings is 1. The first-order valence-corrected chi connectivity index (χ1v) is 7.22. The normalized spacial score (nSPS) is 16.7. The van der Waals surface area contributed by atoms with E-state index in [2.05, 4.69) is 36.5 Å². The minimum absolute atomic E-state index is 0.0934. The van der Waals surface area contributed by atoms with Gasteiger partial charge in [0.25, 0.3) is 0 Å². The lowest BCUT2D eigenvalue weighted by Crippen LogP contribution is -2.41. The smallest absolute Gasteiger partial charge is 0.220 e. The maximum Gasteiger partial charge on any atom is 0.220 e. The first kappa shape index (κ1) is 14.1. The number of carbonyl (C=O) groups excluding carboxylic acids is 1. The highest BCUT2D eigenvalue weighted by molar-refractivity contribution is 5.76. The summed E-state index contributed by atoms with van der Waals surface area (Å²) >= 11 is 0. The third-order valence-electron chi connectivity index (χ3n) is 4.30. The van der Waals surface area contributed by atoms with E-state index in [0.717, 1.165) is 24.8 Å². The van der Waals surface area contributed by atoms with Crippen molar-refractivity contribution in [3.63, 3.8) is 0 Å². The zero-order chi connectivity index (χ0) is 13.7. The molecule has 0 bridgehead atoms. The van der Waals surface area contributed by atoms with Crippen LogP contribution in [-0.2, 0) is 17.8 Å². The van der Waals surface area contributed by atoms with Gasteiger partial charge in [-0.2, -0.15) is 0 Å². The number of hydrogen-bond donors (Lipinski definition) is 2. The lowest BCUT2D eigenvalue weighted by Gasteiger charge is -2.40. The Hall–Kier alpha value is -1.35. The minimum Gasteiger partial charge on any atom is -0.352 e. The van der Waals surface area contributed by atoms with Gasteiger partial charge in [0, 0.05) is 13.0 Å². The molecular weight excluding hydrogens is 236 g/mol. The predicted octanol–water partition coefficient (Wildman–Crippen LogP) is 2.38. The molecule has 1 saturated carbocycles. The largest absolute Gasteiger partial charge is 0.352 e. The summed E-state index contributed by atoms with van der Waals surface area (Å²) in [7, 11) is 0. The summed E-state index contributed by atoms with van der Waals surface area (Å²) in [5.74, 6) is 0.129. The van der Waals surface area contributed by atoms with Crippen LogP contribution in [0.25, 0.3) is 0 Å². The van der Waals surface area contributed by atoms with Crippen LogP contribution in [0.2, 0.25) is 0 Å². The molecule has 0 radical (unpaired) electrons. The summed E-state index contributed by atoms with van der Waals surface area (Å²) in [4.78, 5) is 11.9. The summed E-state index contributed by atoms with van der Waals surface area (Å²) in [5, 5.41) is 3.00. The van der Waals surface area contributed by atoms with Gasteiger partial charge in [0.2, 0.25) is 5.91 Å². The molecule has 0 saturated heterocycles. The summed E-state index contributed by atoms with van der Waals surface area (Å²) in [6, 6.07) is 8.41. The van der Waals surface area contributed by atoms with Gasteiger partial charge in [-0.3, -0.25) is 4.79 Å². The van der Waals surface area contributed by atoms with Crippen molar-refractivity contribution in [2.24, 2.45) is 11.1 Å². The van der Waals surface area contributed by atoms with E-state index < -0.39 is 0 Å². The molecule has 3 heteroatoms. The Kier molecular flexibility index (Phi) is 4.59. The van der Waals surface area contributed by atoms with Gasteiger partial charge in [0.1, 0.15) is 0 Å². The molecule has 0 aliphatic heterocycles. The van der Waals surface area contributed by atoms with Gasteiger partial charge in [-0.25, -0.2) is 0 Å². The average molecular weight is 260 g/mol. The van der Waals surface area contributed by atoms with Crippen molar-refractivity contribution in [3.05, 3.63) is 35.4 Å². The van der Waals surface area contributed by atoms with E-state index in [1.807, 2.05) is 0 Å². The fourth-order valence-electron chi connectivity index (χ4n) is 2.63. The van der Waals surface area contributed by atoms with Gasteiger partial charge >= 0.3 is 0 Å². The summed E-state index contributed by atoms with van der Waals surface area (Å²) < 4.78 is 0. The van der Waals surface area contributed by atoms with Crippen LogP contribution in [-0.4, -0.2) is 12.5 Å². The topological polar surface area (TPSA) is 55.1 Å². The van der Waals surface area contributed by atoms with Crippen LogP contribution in [0.1, 0.15) is 43.7 Å². The maximum atomic E-state index is 11.9. The second kappa shape index (κ2) is 6.20. The Balaban J connectivity index is 1.79. The summed E-state index contributed by atoms with van der Waals surface area (Å²) in [5.41, 5.74) is 8.35. The van der Waals surface area contributed by atoms with E-state index in [9.17, 15) is 4.79 Å². The predicted molar refractivity (Wildman–Crippen MR) is 77.6 cm³/mol. The van der Waals surface area contributed by atoms with Crippen molar-refractivity contribution in [2.45, 2.75) is 45.6 Å². The average Bonchev–Trinajstić information content (AvgIpc) is 2.41. The Labute approximate surface area is 115 Å². The van der Waals surface area contributed by atoms with Crippen molar-refractivity contribution in [1.29, 1.82) is 0 Å². The highest BCUT2D eigenvalue weighted by Gasteiger charge is 2.37. The number of nitrogens with two attached hydrogens (primary N) is 1. The van der Waals surface area contributed by atoms with E-state index >= 15 is 0 Å². The number of aryl methyl sites for hydroxylation is 1. The molecule has 1 fully saturated rings. The third-order valence-corrected chi connectivity index (χ3v) is 4.30. The van der Waals surface area contributed by atoms with E-state index in [1.54, 1.807) is 0 Å². The molecule has 19 heavy (non-hydrogen) atoms. The minimum atomic E-state index is 0.0934. The molecular formula is C16H24N2O. The molecule has 3 nitrogen and oxygen atoms in total. The van der Waals surface area contributed by atoms with E-state index in [1.165, 1.54) is 12.0 Å². The van der Waals surface area contributed by atoms with Crippen LogP contribution in [0, 0.1) is 5.41 Å². The number of hydrogen-bond acceptors (Lipinski definition) is 2. The first-order chi connectivity index (χ1) is 9.17. The molecule has 1 aliphatic carbocycles. The summed E-state index contributed by atoms with van der Waals surface area (Å²) in [6.07, 6.45) is 5.04. The molecule has 2 rings (SSSR count). The number of rotatable bonds is 6. The molecule has 0 unspecified atom stereocenters. The van der Waals surface area contributed by atoms with Crippen molar-refractivity contribution in [2.75, 3.05) is 6.54 Å². The molecule has 0 atom stereocenters. The molecule has 104 valence electrons. The lowest BCUT2D eigenvalue weighted by molar-refractivity contribution is -0.124. The highest BCUT2D eigenvalue weighted by atomic mass is 16.1. The molecule has 1 aliphatic rings. The fourth-order valence-corrected chi connectivity index (χ4v) is 2.63. The van der Waals surface area contributed by atoms with Gasteiger partial charge < -0.3 is 11.1 Å². The first-order valence-electron chi connectivity index (χ1n) is 7.22. The fraction of sp³-hybridized carbons (Fsp3) is 0.562. The van der Waals surface area contributed by atoms with Crippen molar-refractivity contribution >= 4 is 5.91 Å². The quantitative estimate of drug-likeness (QED) is 0.825. The van der Waals surface area contributed by atoms with Crippen LogP contribution in [0.4, 0.5) is 0 Å². The molecule has 1 aromatic rings. The second-order valence-electron chi connectivity index (χ2n) is 5.68. The van der Waals surface area contributed by atoms with Crippen molar-refractivity contribution in [1.82, 2.24) is 5.32 Å². The molecule has 0 heterocycles. The second-order valence-corrected chi connectivity index (χ2v) is 5.68. The zero-order valence-corrected chi connectivity index (χ0v) is 11.7. The molecule has 1 aromatic carbocycles. The number of amides is 1. The van der Waals surface area contributed by atoms with E-state index in [0.29, 0.717) is 19.5 Å². The van der Waals surface area contributed by atoms with Crippen LogP contribution in [0.3, 0.4) is 0 Å². The van der Waals surface area contributed by atoms with Crippen LogP contribution in [0.15, 0.2) is 24.3 Å². The molecule has 1 amide bonds. The van der Waals surface area contributed by atoms with Gasteiger partial charge in [0.05, 0.1) is 0 Å². The third kappa shape index (κ3) is 3.57. The van der Waals surface area contributed by atoms with Crippen molar-refractivity contribution in [3.8, 4) is 0 Å². The van der Waals surface area contributed by atoms with Crippen LogP contribution in [0.5, 0.6) is 0 Å². The van der Waals surface area contributed by atoms with E-state index in [-0.39, 0.29) is 11.3 Å². The monoisotopic (exact) mass is 260 g/mol. The standard InChI is InChI=1S/C16H24N2O/c1-2-13-4-6-14(7-5-13)11-18-15(19)10-16(12-17)8-3-9-16/h4-7H,2-3,8-12,17H2,1H3,(H,18,19). The molecule has 3 N–H and O–H groups in total. The Morgan fingerprint density at radius 1 is 1.26 bits per heavy atom. The maximum absolute atomic E-state index is 11.9. The highest BCUT2D eigenvalue weighted by Crippen LogP contribution is 2.42. The molecule has 0 aromatic heterocycles. The van der Waals surface area contributed by atoms with Gasteiger partial charge in [-0.05, 0) is 42.3 Å². The number of carbonyl (C=O) groups is 1. The van der Waals surface area contributed by atoms with Gasteiger partial charge in [-0.15, -0.1) is 0 Å². The van der Waals surface area contributed by atoms with E-state index in [4.69, 9.17) is 5.73 Å². The molecule has 0 spiro atoms. The SMILES string of the molecule is CCc1ccc(CNC(=O)CC2(CN)CCC2)cc1. The summed E-state index contributed by atoms with van der Waals surface area (Å²) in [6.45, 7) is 3.39.